The Labute approximate surface area is 201 Å². The molecule has 0 aliphatic heterocycles. The summed E-state index contributed by atoms with van der Waals surface area (Å²) in [5.41, 5.74) is 4.85. The minimum absolute atomic E-state index is 0.0127. The Morgan fingerprint density at radius 1 is 1.00 bits per heavy atom. The Kier molecular flexibility index (Phi) is 6.84. The Hall–Kier alpha value is -3.84. The van der Waals surface area contributed by atoms with Gasteiger partial charge in [-0.1, -0.05) is 60.1 Å². The van der Waals surface area contributed by atoms with Crippen LogP contribution in [0.5, 0.6) is 0 Å². The molecular formula is C26H23ClN2O5. The molecule has 4 rings (SSSR count). The van der Waals surface area contributed by atoms with Crippen LogP contribution in [0.15, 0.2) is 66.7 Å². The number of alkyl carbamates (subject to hydrolysis) is 1. The van der Waals surface area contributed by atoms with E-state index in [4.69, 9.17) is 21.4 Å². The van der Waals surface area contributed by atoms with Crippen LogP contribution < -0.4 is 10.6 Å². The molecule has 0 bridgehead atoms. The molecule has 0 saturated carbocycles. The molecule has 174 valence electrons. The van der Waals surface area contributed by atoms with Crippen molar-refractivity contribution in [3.8, 4) is 11.1 Å². The van der Waals surface area contributed by atoms with E-state index < -0.39 is 18.1 Å². The number of hydrogen-bond donors (Lipinski definition) is 3. The SMILES string of the molecule is C[C@H](CC(=O)Nc1ccc(C(=O)O)cc1Cl)NC(=O)OCC1c2ccccc2-c2ccccc21. The van der Waals surface area contributed by atoms with E-state index in [1.807, 2.05) is 36.4 Å². The molecule has 1 aliphatic carbocycles. The van der Waals surface area contributed by atoms with E-state index >= 15 is 0 Å². The summed E-state index contributed by atoms with van der Waals surface area (Å²) in [5.74, 6) is -1.54. The number of hydrogen-bond acceptors (Lipinski definition) is 4. The van der Waals surface area contributed by atoms with Gasteiger partial charge in [-0.15, -0.1) is 0 Å². The highest BCUT2D eigenvalue weighted by Gasteiger charge is 2.29. The number of anilines is 1. The van der Waals surface area contributed by atoms with E-state index in [2.05, 4.69) is 22.8 Å². The van der Waals surface area contributed by atoms with E-state index in [1.54, 1.807) is 6.92 Å². The van der Waals surface area contributed by atoms with Crippen molar-refractivity contribution >= 4 is 35.3 Å². The molecule has 3 N–H and O–H groups in total. The third kappa shape index (κ3) is 5.05. The Morgan fingerprint density at radius 2 is 1.62 bits per heavy atom. The van der Waals surface area contributed by atoms with E-state index in [9.17, 15) is 14.4 Å². The zero-order valence-corrected chi connectivity index (χ0v) is 19.1. The Morgan fingerprint density at radius 3 is 2.21 bits per heavy atom. The molecule has 0 unspecified atom stereocenters. The van der Waals surface area contributed by atoms with Crippen LogP contribution in [0.25, 0.3) is 11.1 Å². The minimum Gasteiger partial charge on any atom is -0.478 e. The summed E-state index contributed by atoms with van der Waals surface area (Å²) in [7, 11) is 0. The second-order valence-corrected chi connectivity index (χ2v) is 8.53. The molecule has 0 aromatic heterocycles. The summed E-state index contributed by atoms with van der Waals surface area (Å²) >= 11 is 6.05. The van der Waals surface area contributed by atoms with Crippen LogP contribution in [0.1, 0.15) is 40.7 Å². The van der Waals surface area contributed by atoms with Crippen LogP contribution in [0, 0.1) is 0 Å². The third-order valence-corrected chi connectivity index (χ3v) is 6.00. The quantitative estimate of drug-likeness (QED) is 0.427. The molecule has 0 heterocycles. The lowest BCUT2D eigenvalue weighted by atomic mass is 9.98. The van der Waals surface area contributed by atoms with Gasteiger partial charge in [0.15, 0.2) is 0 Å². The molecular weight excluding hydrogens is 456 g/mol. The smallest absolute Gasteiger partial charge is 0.407 e. The largest absolute Gasteiger partial charge is 0.478 e. The number of amides is 2. The fraction of sp³-hybridized carbons (Fsp3) is 0.192. The third-order valence-electron chi connectivity index (χ3n) is 5.69. The van der Waals surface area contributed by atoms with Crippen molar-refractivity contribution in [1.29, 1.82) is 0 Å². The van der Waals surface area contributed by atoms with Gasteiger partial charge in [-0.25, -0.2) is 9.59 Å². The van der Waals surface area contributed by atoms with Crippen molar-refractivity contribution in [2.45, 2.75) is 25.3 Å². The van der Waals surface area contributed by atoms with E-state index in [0.29, 0.717) is 5.69 Å². The van der Waals surface area contributed by atoms with Crippen molar-refractivity contribution in [2.24, 2.45) is 0 Å². The van der Waals surface area contributed by atoms with Gasteiger partial charge in [0, 0.05) is 18.4 Å². The standard InChI is InChI=1S/C26H23ClN2O5/c1-15(12-24(30)29-23-11-10-16(25(31)32)13-22(23)27)28-26(33)34-14-21-19-8-4-2-6-17(19)18-7-3-5-9-20(18)21/h2-11,13,15,21H,12,14H2,1H3,(H,28,33)(H,29,30)(H,31,32)/t15-/m1/s1. The highest BCUT2D eigenvalue weighted by atomic mass is 35.5. The maximum Gasteiger partial charge on any atom is 0.407 e. The van der Waals surface area contributed by atoms with Gasteiger partial charge in [0.1, 0.15) is 6.61 Å². The normalized spacial score (nSPS) is 12.9. The first-order valence-corrected chi connectivity index (χ1v) is 11.2. The van der Waals surface area contributed by atoms with E-state index in [0.717, 1.165) is 22.3 Å². The fourth-order valence-electron chi connectivity index (χ4n) is 4.12. The molecule has 2 amide bonds. The van der Waals surface area contributed by atoms with Gasteiger partial charge in [0.25, 0.3) is 0 Å². The second-order valence-electron chi connectivity index (χ2n) is 8.12. The number of halogens is 1. The molecule has 0 saturated heterocycles. The maximum absolute atomic E-state index is 12.4. The van der Waals surface area contributed by atoms with Gasteiger partial charge in [-0.2, -0.15) is 0 Å². The summed E-state index contributed by atoms with van der Waals surface area (Å²) in [4.78, 5) is 35.7. The van der Waals surface area contributed by atoms with Crippen molar-refractivity contribution in [3.05, 3.63) is 88.4 Å². The zero-order chi connectivity index (χ0) is 24.2. The fourth-order valence-corrected chi connectivity index (χ4v) is 4.35. The number of ether oxygens (including phenoxy) is 1. The highest BCUT2D eigenvalue weighted by molar-refractivity contribution is 6.34. The first kappa shape index (κ1) is 23.3. The lowest BCUT2D eigenvalue weighted by Gasteiger charge is -2.17. The minimum atomic E-state index is -1.11. The summed E-state index contributed by atoms with van der Waals surface area (Å²) in [6.07, 6.45) is -0.618. The summed E-state index contributed by atoms with van der Waals surface area (Å²) in [5, 5.41) is 14.4. The number of carbonyl (C=O) groups is 3. The van der Waals surface area contributed by atoms with Crippen molar-refractivity contribution < 1.29 is 24.2 Å². The topological polar surface area (TPSA) is 105 Å². The predicted octanol–water partition coefficient (Wildman–Crippen LogP) is 5.29. The monoisotopic (exact) mass is 478 g/mol. The first-order chi connectivity index (χ1) is 16.3. The average molecular weight is 479 g/mol. The number of fused-ring (bicyclic) bond motifs is 3. The maximum atomic E-state index is 12.4. The van der Waals surface area contributed by atoms with Crippen LogP contribution in [-0.4, -0.2) is 35.7 Å². The highest BCUT2D eigenvalue weighted by Crippen LogP contribution is 2.44. The van der Waals surface area contributed by atoms with E-state index in [1.165, 1.54) is 18.2 Å². The first-order valence-electron chi connectivity index (χ1n) is 10.8. The number of nitrogens with one attached hydrogen (secondary N) is 2. The van der Waals surface area contributed by atoms with Gasteiger partial charge < -0.3 is 20.5 Å². The van der Waals surface area contributed by atoms with Crippen LogP contribution in [0.3, 0.4) is 0 Å². The molecule has 0 spiro atoms. The van der Waals surface area contributed by atoms with Gasteiger partial charge in [0.05, 0.1) is 16.3 Å². The van der Waals surface area contributed by atoms with Crippen LogP contribution >= 0.6 is 11.6 Å². The number of carboxylic acid groups (broad SMARTS) is 1. The number of benzene rings is 3. The number of rotatable bonds is 7. The number of carboxylic acids is 1. The van der Waals surface area contributed by atoms with Crippen molar-refractivity contribution in [3.63, 3.8) is 0 Å². The van der Waals surface area contributed by atoms with E-state index in [-0.39, 0.29) is 35.4 Å². The lowest BCUT2D eigenvalue weighted by molar-refractivity contribution is -0.116. The number of carbonyl (C=O) groups excluding carboxylic acids is 2. The molecule has 1 aliphatic rings. The predicted molar refractivity (Wildman–Crippen MR) is 129 cm³/mol. The lowest BCUT2D eigenvalue weighted by Crippen LogP contribution is -2.36. The average Bonchev–Trinajstić information content (AvgIpc) is 3.12. The molecule has 1 atom stereocenters. The van der Waals surface area contributed by atoms with Gasteiger partial charge >= 0.3 is 12.1 Å². The molecule has 0 fully saturated rings. The summed E-state index contributed by atoms with van der Waals surface area (Å²) < 4.78 is 5.51. The second kappa shape index (κ2) is 9.97. The molecule has 7 nitrogen and oxygen atoms in total. The number of aromatic carboxylic acids is 1. The Bertz CT molecular complexity index is 1210. The molecule has 3 aromatic rings. The molecule has 8 heteroatoms. The molecule has 34 heavy (non-hydrogen) atoms. The van der Waals surface area contributed by atoms with Crippen LogP contribution in [0.2, 0.25) is 5.02 Å². The summed E-state index contributed by atoms with van der Waals surface area (Å²) in [6.45, 7) is 1.88. The van der Waals surface area contributed by atoms with Gasteiger partial charge in [-0.05, 0) is 47.4 Å². The molecule has 3 aromatic carbocycles. The van der Waals surface area contributed by atoms with Crippen molar-refractivity contribution in [2.75, 3.05) is 11.9 Å². The summed E-state index contributed by atoms with van der Waals surface area (Å²) in [6, 6.07) is 19.7. The zero-order valence-electron chi connectivity index (χ0n) is 18.4. The van der Waals surface area contributed by atoms with Crippen LogP contribution in [0.4, 0.5) is 10.5 Å². The van der Waals surface area contributed by atoms with Crippen LogP contribution in [-0.2, 0) is 9.53 Å². The van der Waals surface area contributed by atoms with Gasteiger partial charge in [-0.3, -0.25) is 4.79 Å². The van der Waals surface area contributed by atoms with Crippen molar-refractivity contribution in [1.82, 2.24) is 5.32 Å². The molecule has 0 radical (unpaired) electrons. The van der Waals surface area contributed by atoms with Gasteiger partial charge in [0.2, 0.25) is 5.91 Å². The Balaban J connectivity index is 1.30.